The van der Waals surface area contributed by atoms with E-state index in [1.807, 2.05) is 13.1 Å². The Labute approximate surface area is 116 Å². The second kappa shape index (κ2) is 8.12. The summed E-state index contributed by atoms with van der Waals surface area (Å²) in [7, 11) is 6.01. The molecule has 0 unspecified atom stereocenters. The number of hydrogen-bond acceptors (Lipinski definition) is 3. The standard InChI is InChI=1S/C15H26FN3/c1-5-19(11-7-10-18(3)4)15-13(12-17-2)8-6-9-14(15)16/h6,8-9,17H,5,7,10-12H2,1-4H3. The summed E-state index contributed by atoms with van der Waals surface area (Å²) in [6.07, 6.45) is 1.04. The first-order valence-electron chi connectivity index (χ1n) is 6.91. The smallest absolute Gasteiger partial charge is 0.146 e. The SMILES string of the molecule is CCN(CCCN(C)C)c1c(F)cccc1CNC. The summed E-state index contributed by atoms with van der Waals surface area (Å²) in [5.74, 6) is -0.126. The highest BCUT2D eigenvalue weighted by Crippen LogP contribution is 2.24. The first kappa shape index (κ1) is 15.9. The van der Waals surface area contributed by atoms with E-state index in [0.717, 1.165) is 37.3 Å². The lowest BCUT2D eigenvalue weighted by Crippen LogP contribution is -2.29. The summed E-state index contributed by atoms with van der Waals surface area (Å²) in [6.45, 7) is 5.49. The van der Waals surface area contributed by atoms with Crippen LogP contribution in [0.5, 0.6) is 0 Å². The number of rotatable bonds is 8. The summed E-state index contributed by atoms with van der Waals surface area (Å²) in [4.78, 5) is 4.29. The molecule has 108 valence electrons. The quantitative estimate of drug-likeness (QED) is 0.780. The molecular formula is C15H26FN3. The maximum Gasteiger partial charge on any atom is 0.146 e. The number of nitrogens with zero attached hydrogens (tertiary/aromatic N) is 2. The van der Waals surface area contributed by atoms with Crippen molar-refractivity contribution in [3.8, 4) is 0 Å². The fourth-order valence-corrected chi connectivity index (χ4v) is 2.25. The molecule has 0 amide bonds. The zero-order chi connectivity index (χ0) is 14.3. The molecule has 0 radical (unpaired) electrons. The molecule has 0 bridgehead atoms. The van der Waals surface area contributed by atoms with Gasteiger partial charge in [0.2, 0.25) is 0 Å². The topological polar surface area (TPSA) is 18.5 Å². The van der Waals surface area contributed by atoms with Gasteiger partial charge in [0, 0.05) is 19.6 Å². The second-order valence-electron chi connectivity index (χ2n) is 5.01. The van der Waals surface area contributed by atoms with Crippen LogP contribution in [-0.4, -0.2) is 45.7 Å². The largest absolute Gasteiger partial charge is 0.369 e. The molecule has 1 N–H and O–H groups in total. The van der Waals surface area contributed by atoms with Crippen molar-refractivity contribution in [3.63, 3.8) is 0 Å². The van der Waals surface area contributed by atoms with Crippen LogP contribution in [-0.2, 0) is 6.54 Å². The fourth-order valence-electron chi connectivity index (χ4n) is 2.25. The predicted molar refractivity (Wildman–Crippen MR) is 80.2 cm³/mol. The zero-order valence-electron chi connectivity index (χ0n) is 12.5. The fraction of sp³-hybridized carbons (Fsp3) is 0.600. The van der Waals surface area contributed by atoms with Crippen molar-refractivity contribution in [1.82, 2.24) is 10.2 Å². The predicted octanol–water partition coefficient (Wildman–Crippen LogP) is 2.32. The van der Waals surface area contributed by atoms with Gasteiger partial charge in [0.1, 0.15) is 5.82 Å². The third-order valence-corrected chi connectivity index (χ3v) is 3.17. The molecule has 1 aromatic rings. The molecule has 19 heavy (non-hydrogen) atoms. The number of para-hydroxylation sites is 1. The molecule has 0 aliphatic carbocycles. The second-order valence-corrected chi connectivity index (χ2v) is 5.01. The van der Waals surface area contributed by atoms with Gasteiger partial charge < -0.3 is 15.1 Å². The Morgan fingerprint density at radius 3 is 2.53 bits per heavy atom. The van der Waals surface area contributed by atoms with E-state index >= 15 is 0 Å². The maximum atomic E-state index is 14.1. The molecule has 4 heteroatoms. The van der Waals surface area contributed by atoms with Crippen LogP contribution in [0.3, 0.4) is 0 Å². The first-order valence-corrected chi connectivity index (χ1v) is 6.91. The van der Waals surface area contributed by atoms with Gasteiger partial charge in [-0.15, -0.1) is 0 Å². The van der Waals surface area contributed by atoms with E-state index in [-0.39, 0.29) is 5.82 Å². The highest BCUT2D eigenvalue weighted by Gasteiger charge is 2.14. The van der Waals surface area contributed by atoms with Crippen LogP contribution in [0.25, 0.3) is 0 Å². The lowest BCUT2D eigenvalue weighted by atomic mass is 10.1. The molecule has 0 atom stereocenters. The molecule has 0 aliphatic rings. The van der Waals surface area contributed by atoms with Gasteiger partial charge in [-0.1, -0.05) is 12.1 Å². The molecule has 0 saturated carbocycles. The number of nitrogens with one attached hydrogen (secondary N) is 1. The molecule has 0 saturated heterocycles. The van der Waals surface area contributed by atoms with Crippen LogP contribution in [0.1, 0.15) is 18.9 Å². The van der Waals surface area contributed by atoms with Gasteiger partial charge in [-0.25, -0.2) is 4.39 Å². The third-order valence-electron chi connectivity index (χ3n) is 3.17. The van der Waals surface area contributed by atoms with Crippen molar-refractivity contribution in [2.45, 2.75) is 19.9 Å². The summed E-state index contributed by atoms with van der Waals surface area (Å²) >= 11 is 0. The van der Waals surface area contributed by atoms with E-state index in [1.165, 1.54) is 0 Å². The molecule has 3 nitrogen and oxygen atoms in total. The van der Waals surface area contributed by atoms with Gasteiger partial charge >= 0.3 is 0 Å². The normalized spacial score (nSPS) is 11.1. The molecule has 0 aromatic heterocycles. The number of halogens is 1. The van der Waals surface area contributed by atoms with Crippen molar-refractivity contribution >= 4 is 5.69 Å². The van der Waals surface area contributed by atoms with Gasteiger partial charge in [-0.3, -0.25) is 0 Å². The Morgan fingerprint density at radius 1 is 1.21 bits per heavy atom. The Hall–Kier alpha value is -1.13. The average molecular weight is 267 g/mol. The van der Waals surface area contributed by atoms with E-state index in [1.54, 1.807) is 12.1 Å². The van der Waals surface area contributed by atoms with Gasteiger partial charge in [0.05, 0.1) is 5.69 Å². The van der Waals surface area contributed by atoms with Crippen molar-refractivity contribution in [3.05, 3.63) is 29.6 Å². The van der Waals surface area contributed by atoms with Crippen LogP contribution >= 0.6 is 0 Å². The molecule has 0 heterocycles. The van der Waals surface area contributed by atoms with Gasteiger partial charge in [0.25, 0.3) is 0 Å². The average Bonchev–Trinajstić information content (AvgIpc) is 2.36. The van der Waals surface area contributed by atoms with E-state index < -0.39 is 0 Å². The Kier molecular flexibility index (Phi) is 6.81. The maximum absolute atomic E-state index is 14.1. The van der Waals surface area contributed by atoms with Crippen LogP contribution in [0.15, 0.2) is 18.2 Å². The third kappa shape index (κ3) is 4.80. The minimum atomic E-state index is -0.126. The van der Waals surface area contributed by atoms with Gasteiger partial charge in [-0.2, -0.15) is 0 Å². The summed E-state index contributed by atoms with van der Waals surface area (Å²) in [6, 6.07) is 5.31. The molecule has 0 fully saturated rings. The van der Waals surface area contributed by atoms with Crippen molar-refractivity contribution in [1.29, 1.82) is 0 Å². The van der Waals surface area contributed by atoms with E-state index in [9.17, 15) is 4.39 Å². The van der Waals surface area contributed by atoms with Crippen LogP contribution in [0.2, 0.25) is 0 Å². The Bertz CT molecular complexity index is 380. The van der Waals surface area contributed by atoms with Gasteiger partial charge in [-0.05, 0) is 52.7 Å². The van der Waals surface area contributed by atoms with Crippen molar-refractivity contribution < 1.29 is 4.39 Å². The lowest BCUT2D eigenvalue weighted by Gasteiger charge is -2.27. The molecule has 0 spiro atoms. The Balaban J connectivity index is 2.84. The van der Waals surface area contributed by atoms with Gasteiger partial charge in [0.15, 0.2) is 0 Å². The van der Waals surface area contributed by atoms with E-state index in [2.05, 4.69) is 36.1 Å². The van der Waals surface area contributed by atoms with Crippen LogP contribution in [0.4, 0.5) is 10.1 Å². The summed E-state index contributed by atoms with van der Waals surface area (Å²) < 4.78 is 14.1. The molecule has 1 rings (SSSR count). The summed E-state index contributed by atoms with van der Waals surface area (Å²) in [5, 5.41) is 3.10. The van der Waals surface area contributed by atoms with Crippen LogP contribution in [0, 0.1) is 5.82 Å². The zero-order valence-corrected chi connectivity index (χ0v) is 12.5. The minimum Gasteiger partial charge on any atom is -0.369 e. The van der Waals surface area contributed by atoms with E-state index in [0.29, 0.717) is 6.54 Å². The van der Waals surface area contributed by atoms with Crippen molar-refractivity contribution in [2.75, 3.05) is 45.7 Å². The number of hydrogen-bond donors (Lipinski definition) is 1. The highest BCUT2D eigenvalue weighted by atomic mass is 19.1. The summed E-state index contributed by atoms with van der Waals surface area (Å²) in [5.41, 5.74) is 1.77. The lowest BCUT2D eigenvalue weighted by molar-refractivity contribution is 0.400. The first-order chi connectivity index (χ1) is 9.10. The highest BCUT2D eigenvalue weighted by molar-refractivity contribution is 5.54. The van der Waals surface area contributed by atoms with Crippen molar-refractivity contribution in [2.24, 2.45) is 0 Å². The van der Waals surface area contributed by atoms with Crippen LogP contribution < -0.4 is 10.2 Å². The molecular weight excluding hydrogens is 241 g/mol. The minimum absolute atomic E-state index is 0.126. The number of benzene rings is 1. The Morgan fingerprint density at radius 2 is 1.95 bits per heavy atom. The molecule has 1 aromatic carbocycles. The van der Waals surface area contributed by atoms with E-state index in [4.69, 9.17) is 0 Å². The monoisotopic (exact) mass is 267 g/mol. The number of anilines is 1. The molecule has 0 aliphatic heterocycles.